The van der Waals surface area contributed by atoms with Gasteiger partial charge in [0.25, 0.3) is 0 Å². The normalized spacial score (nSPS) is 23.2. The summed E-state index contributed by atoms with van der Waals surface area (Å²) in [4.78, 5) is 0. The maximum absolute atomic E-state index is 6.16. The number of hydrogen-bond donors (Lipinski definition) is 1. The van der Waals surface area contributed by atoms with Crippen LogP contribution in [0.2, 0.25) is 0 Å². The Kier molecular flexibility index (Phi) is 4.26. The van der Waals surface area contributed by atoms with Crippen molar-refractivity contribution in [2.45, 2.75) is 32.0 Å². The summed E-state index contributed by atoms with van der Waals surface area (Å²) in [5.74, 6) is 2.11. The minimum atomic E-state index is 0.0855. The average molecular weight is 241 g/mol. The fourth-order valence-corrected chi connectivity index (χ4v) is 2.80. The lowest BCUT2D eigenvalue weighted by molar-refractivity contribution is 0.0572. The Bertz CT molecular complexity index is 323. The number of ether oxygens (including phenoxy) is 1. The molecule has 1 aliphatic heterocycles. The molecule has 2 N–H and O–H groups in total. The molecule has 0 amide bonds. The largest absolute Gasteiger partial charge is 0.375 e. The molecule has 2 rings (SSSR count). The van der Waals surface area contributed by atoms with Gasteiger partial charge in [0.15, 0.2) is 0 Å². The van der Waals surface area contributed by atoms with Crippen LogP contribution in [0, 0.1) is 0 Å². The zero-order valence-electron chi connectivity index (χ0n) is 9.63. The first kappa shape index (κ1) is 12.0. The van der Waals surface area contributed by atoms with E-state index in [0.717, 1.165) is 31.1 Å². The number of aromatic nitrogens is 2. The van der Waals surface area contributed by atoms with E-state index in [1.807, 2.05) is 22.6 Å². The second-order valence-electron chi connectivity index (χ2n) is 4.06. The van der Waals surface area contributed by atoms with E-state index in [1.165, 1.54) is 5.56 Å². The van der Waals surface area contributed by atoms with Gasteiger partial charge in [-0.2, -0.15) is 16.9 Å². The molecule has 0 bridgehead atoms. The van der Waals surface area contributed by atoms with E-state index >= 15 is 0 Å². The van der Waals surface area contributed by atoms with Crippen LogP contribution in [-0.2, 0) is 17.7 Å². The minimum Gasteiger partial charge on any atom is -0.375 e. The van der Waals surface area contributed by atoms with Crippen molar-refractivity contribution in [3.05, 3.63) is 18.0 Å². The molecule has 1 aromatic rings. The quantitative estimate of drug-likeness (QED) is 0.851. The predicted molar refractivity (Wildman–Crippen MR) is 66.6 cm³/mol. The molecule has 2 atom stereocenters. The van der Waals surface area contributed by atoms with Crippen molar-refractivity contribution in [3.8, 4) is 0 Å². The highest BCUT2D eigenvalue weighted by molar-refractivity contribution is 7.99. The predicted octanol–water partition coefficient (Wildman–Crippen LogP) is 0.905. The first-order valence-corrected chi connectivity index (χ1v) is 6.91. The van der Waals surface area contributed by atoms with Crippen LogP contribution in [0.15, 0.2) is 12.4 Å². The molecule has 0 spiro atoms. The third kappa shape index (κ3) is 2.99. The minimum absolute atomic E-state index is 0.0855. The Morgan fingerprint density at radius 1 is 1.75 bits per heavy atom. The zero-order valence-corrected chi connectivity index (χ0v) is 10.4. The van der Waals surface area contributed by atoms with Gasteiger partial charge in [-0.15, -0.1) is 0 Å². The summed E-state index contributed by atoms with van der Waals surface area (Å²) < 4.78 is 7.60. The maximum atomic E-state index is 6.16. The first-order valence-electron chi connectivity index (χ1n) is 5.76. The fraction of sp³-hybridized carbons (Fsp3) is 0.727. The third-order valence-corrected chi connectivity index (χ3v) is 3.82. The highest BCUT2D eigenvalue weighted by Crippen LogP contribution is 2.16. The van der Waals surface area contributed by atoms with Crippen LogP contribution in [0.1, 0.15) is 12.5 Å². The van der Waals surface area contributed by atoms with Gasteiger partial charge in [0.05, 0.1) is 18.9 Å². The van der Waals surface area contributed by atoms with Crippen molar-refractivity contribution in [1.29, 1.82) is 0 Å². The third-order valence-electron chi connectivity index (χ3n) is 2.80. The summed E-state index contributed by atoms with van der Waals surface area (Å²) >= 11 is 1.93. The van der Waals surface area contributed by atoms with Gasteiger partial charge in [-0.25, -0.2) is 0 Å². The molecule has 90 valence electrons. The van der Waals surface area contributed by atoms with Gasteiger partial charge < -0.3 is 10.5 Å². The standard InChI is InChI=1S/C11H19N3OS/c1-2-14-7-9(6-13-14)5-10(12)11-8-16-4-3-15-11/h6-7,10-11H,2-5,8,12H2,1H3. The lowest BCUT2D eigenvalue weighted by Crippen LogP contribution is -2.42. The van der Waals surface area contributed by atoms with Gasteiger partial charge in [-0.1, -0.05) is 0 Å². The van der Waals surface area contributed by atoms with Crippen molar-refractivity contribution >= 4 is 11.8 Å². The zero-order chi connectivity index (χ0) is 11.4. The molecule has 0 radical (unpaired) electrons. The monoisotopic (exact) mass is 241 g/mol. The van der Waals surface area contributed by atoms with Crippen LogP contribution in [0.4, 0.5) is 0 Å². The second-order valence-corrected chi connectivity index (χ2v) is 5.21. The molecule has 0 aliphatic carbocycles. The molecule has 1 saturated heterocycles. The number of nitrogens with two attached hydrogens (primary N) is 1. The molecule has 0 saturated carbocycles. The summed E-state index contributed by atoms with van der Waals surface area (Å²) in [5.41, 5.74) is 7.36. The van der Waals surface area contributed by atoms with Gasteiger partial charge in [0.1, 0.15) is 0 Å². The SMILES string of the molecule is CCn1cc(CC(N)C2CSCCO2)cn1. The van der Waals surface area contributed by atoms with Crippen LogP contribution in [0.25, 0.3) is 0 Å². The van der Waals surface area contributed by atoms with Crippen LogP contribution in [-0.4, -0.2) is 40.0 Å². The Labute approximate surface area is 101 Å². The summed E-state index contributed by atoms with van der Waals surface area (Å²) in [5, 5.41) is 4.25. The van der Waals surface area contributed by atoms with Gasteiger partial charge in [0.2, 0.25) is 0 Å². The van der Waals surface area contributed by atoms with Crippen LogP contribution in [0.3, 0.4) is 0 Å². The van der Waals surface area contributed by atoms with Crippen LogP contribution in [0.5, 0.6) is 0 Å². The van der Waals surface area contributed by atoms with E-state index < -0.39 is 0 Å². The van der Waals surface area contributed by atoms with Gasteiger partial charge in [-0.05, 0) is 18.9 Å². The number of hydrogen-bond acceptors (Lipinski definition) is 4. The number of aryl methyl sites for hydroxylation is 1. The van der Waals surface area contributed by atoms with Crippen molar-refractivity contribution in [1.82, 2.24) is 9.78 Å². The smallest absolute Gasteiger partial charge is 0.0819 e. The van der Waals surface area contributed by atoms with E-state index in [0.29, 0.717) is 0 Å². The van der Waals surface area contributed by atoms with E-state index in [9.17, 15) is 0 Å². The lowest BCUT2D eigenvalue weighted by Gasteiger charge is -2.27. The van der Waals surface area contributed by atoms with Gasteiger partial charge >= 0.3 is 0 Å². The lowest BCUT2D eigenvalue weighted by atomic mass is 10.1. The number of rotatable bonds is 4. The fourth-order valence-electron chi connectivity index (χ4n) is 1.84. The van der Waals surface area contributed by atoms with Gasteiger partial charge in [-0.3, -0.25) is 4.68 Å². The van der Waals surface area contributed by atoms with Gasteiger partial charge in [0, 0.05) is 30.3 Å². The van der Waals surface area contributed by atoms with Crippen LogP contribution < -0.4 is 5.73 Å². The Morgan fingerprint density at radius 2 is 2.62 bits per heavy atom. The summed E-state index contributed by atoms with van der Waals surface area (Å²) in [6.45, 7) is 3.82. The number of nitrogens with zero attached hydrogens (tertiary/aromatic N) is 2. The van der Waals surface area contributed by atoms with Crippen molar-refractivity contribution in [2.24, 2.45) is 5.73 Å². The Balaban J connectivity index is 1.87. The molecular formula is C11H19N3OS. The highest BCUT2D eigenvalue weighted by atomic mass is 32.2. The van der Waals surface area contributed by atoms with E-state index in [-0.39, 0.29) is 12.1 Å². The molecule has 2 unspecified atom stereocenters. The molecule has 1 aliphatic rings. The van der Waals surface area contributed by atoms with Crippen LogP contribution >= 0.6 is 11.8 Å². The molecule has 5 heteroatoms. The van der Waals surface area contributed by atoms with E-state index in [2.05, 4.69) is 18.2 Å². The van der Waals surface area contributed by atoms with Crippen molar-refractivity contribution < 1.29 is 4.74 Å². The molecular weight excluding hydrogens is 222 g/mol. The summed E-state index contributed by atoms with van der Waals surface area (Å²) in [6, 6.07) is 0.0855. The van der Waals surface area contributed by atoms with E-state index in [4.69, 9.17) is 10.5 Å². The Hall–Kier alpha value is -0.520. The molecule has 2 heterocycles. The maximum Gasteiger partial charge on any atom is 0.0819 e. The number of thioether (sulfide) groups is 1. The Morgan fingerprint density at radius 3 is 3.25 bits per heavy atom. The van der Waals surface area contributed by atoms with Crippen molar-refractivity contribution in [3.63, 3.8) is 0 Å². The molecule has 0 aromatic carbocycles. The van der Waals surface area contributed by atoms with E-state index in [1.54, 1.807) is 0 Å². The molecule has 16 heavy (non-hydrogen) atoms. The first-order chi connectivity index (χ1) is 7.79. The molecule has 1 fully saturated rings. The topological polar surface area (TPSA) is 53.1 Å². The molecule has 4 nitrogen and oxygen atoms in total. The highest BCUT2D eigenvalue weighted by Gasteiger charge is 2.22. The van der Waals surface area contributed by atoms with Crippen molar-refractivity contribution in [2.75, 3.05) is 18.1 Å². The summed E-state index contributed by atoms with van der Waals surface area (Å²) in [7, 11) is 0. The summed E-state index contributed by atoms with van der Waals surface area (Å²) in [6.07, 6.45) is 5.02. The average Bonchev–Trinajstić information content (AvgIpc) is 2.78. The second kappa shape index (κ2) is 5.70. The molecule has 1 aromatic heterocycles.